The lowest BCUT2D eigenvalue weighted by molar-refractivity contribution is -0.117. The zero-order valence-electron chi connectivity index (χ0n) is 15.7. The summed E-state index contributed by atoms with van der Waals surface area (Å²) in [5.74, 6) is 0.129. The summed E-state index contributed by atoms with van der Waals surface area (Å²) in [6, 6.07) is 11.4. The zero-order chi connectivity index (χ0) is 19.7. The highest BCUT2D eigenvalue weighted by atomic mass is 32.1. The average molecular weight is 395 g/mol. The maximum Gasteiger partial charge on any atom is 0.264 e. The fourth-order valence-corrected chi connectivity index (χ4v) is 3.80. The molecule has 1 aliphatic carbocycles. The van der Waals surface area contributed by atoms with Gasteiger partial charge in [-0.25, -0.2) is 9.67 Å². The van der Waals surface area contributed by atoms with E-state index >= 15 is 0 Å². The summed E-state index contributed by atoms with van der Waals surface area (Å²) in [5.41, 5.74) is 1.94. The van der Waals surface area contributed by atoms with E-state index in [2.05, 4.69) is 15.4 Å². The minimum Gasteiger partial charge on any atom is -0.334 e. The van der Waals surface area contributed by atoms with Crippen molar-refractivity contribution in [2.45, 2.75) is 25.8 Å². The van der Waals surface area contributed by atoms with E-state index in [4.69, 9.17) is 0 Å². The number of nitrogens with zero attached hydrogens (tertiary/aromatic N) is 4. The number of hydrogen-bond acceptors (Lipinski definition) is 5. The van der Waals surface area contributed by atoms with E-state index < -0.39 is 0 Å². The quantitative estimate of drug-likeness (QED) is 0.693. The van der Waals surface area contributed by atoms with Gasteiger partial charge in [-0.3, -0.25) is 9.59 Å². The molecule has 0 radical (unpaired) electrons. The van der Waals surface area contributed by atoms with Crippen LogP contribution in [0.3, 0.4) is 0 Å². The third-order valence-corrected chi connectivity index (χ3v) is 5.96. The molecule has 1 fully saturated rings. The molecule has 8 heteroatoms. The van der Waals surface area contributed by atoms with Gasteiger partial charge in [0.1, 0.15) is 12.7 Å². The molecule has 1 N–H and O–H groups in total. The average Bonchev–Trinajstić information content (AvgIpc) is 3.23. The molecule has 0 aliphatic heterocycles. The lowest BCUT2D eigenvalue weighted by atomic mass is 10.1. The molecular weight excluding hydrogens is 374 g/mol. The van der Waals surface area contributed by atoms with Crippen molar-refractivity contribution in [3.05, 3.63) is 59.5 Å². The van der Waals surface area contributed by atoms with Crippen LogP contribution in [0.2, 0.25) is 0 Å². The summed E-state index contributed by atoms with van der Waals surface area (Å²) < 4.78 is 1.69. The zero-order valence-corrected chi connectivity index (χ0v) is 16.5. The Morgan fingerprint density at radius 3 is 2.61 bits per heavy atom. The summed E-state index contributed by atoms with van der Waals surface area (Å²) in [5, 5.41) is 7.73. The maximum absolute atomic E-state index is 12.9. The molecule has 1 aromatic carbocycles. The monoisotopic (exact) mass is 395 g/mol. The number of anilines is 1. The van der Waals surface area contributed by atoms with Gasteiger partial charge in [0, 0.05) is 13.0 Å². The number of hydrogen-bond donors (Lipinski definition) is 1. The van der Waals surface area contributed by atoms with Crippen molar-refractivity contribution in [2.75, 3.05) is 12.4 Å². The van der Waals surface area contributed by atoms with Gasteiger partial charge >= 0.3 is 0 Å². The van der Waals surface area contributed by atoms with Crippen molar-refractivity contribution >= 4 is 28.2 Å². The number of carbonyl (C=O) groups is 2. The first kappa shape index (κ1) is 18.4. The van der Waals surface area contributed by atoms with E-state index in [9.17, 15) is 9.59 Å². The first-order chi connectivity index (χ1) is 13.5. The molecule has 2 heterocycles. The standard InChI is InChI=1S/C20H21N5O2S/c1-13(14-5-7-16(8-6-14)25-12-21-11-22-25)24(2)20(27)17-9-10-18(28-17)23-19(26)15-3-4-15/h5-13,15H,3-4H2,1-2H3,(H,23,26). The summed E-state index contributed by atoms with van der Waals surface area (Å²) in [7, 11) is 1.79. The Morgan fingerprint density at radius 2 is 1.96 bits per heavy atom. The van der Waals surface area contributed by atoms with Crippen LogP contribution in [0.15, 0.2) is 49.1 Å². The molecule has 3 aromatic rings. The van der Waals surface area contributed by atoms with Gasteiger partial charge in [-0.05, 0) is 49.6 Å². The lowest BCUT2D eigenvalue weighted by Gasteiger charge is -2.25. The first-order valence-corrected chi connectivity index (χ1v) is 9.97. The van der Waals surface area contributed by atoms with Crippen molar-refractivity contribution in [1.29, 1.82) is 0 Å². The van der Waals surface area contributed by atoms with Gasteiger partial charge in [-0.2, -0.15) is 5.10 Å². The van der Waals surface area contributed by atoms with Crippen LogP contribution < -0.4 is 5.32 Å². The molecule has 2 aromatic heterocycles. The highest BCUT2D eigenvalue weighted by Gasteiger charge is 2.30. The Morgan fingerprint density at radius 1 is 1.21 bits per heavy atom. The number of benzene rings is 1. The van der Waals surface area contributed by atoms with E-state index in [1.165, 1.54) is 17.7 Å². The van der Waals surface area contributed by atoms with Gasteiger partial charge in [-0.15, -0.1) is 11.3 Å². The molecule has 4 rings (SSSR count). The molecule has 1 unspecified atom stereocenters. The van der Waals surface area contributed by atoms with Gasteiger partial charge in [0.05, 0.1) is 21.6 Å². The van der Waals surface area contributed by atoms with Crippen LogP contribution in [0.25, 0.3) is 5.69 Å². The van der Waals surface area contributed by atoms with E-state index in [0.717, 1.165) is 29.1 Å². The van der Waals surface area contributed by atoms with Crippen LogP contribution in [-0.2, 0) is 4.79 Å². The molecule has 1 aliphatic rings. The number of carbonyl (C=O) groups excluding carboxylic acids is 2. The van der Waals surface area contributed by atoms with Crippen LogP contribution in [0, 0.1) is 5.92 Å². The second kappa shape index (κ2) is 7.55. The Labute approximate surface area is 167 Å². The predicted molar refractivity (Wildman–Crippen MR) is 108 cm³/mol. The number of thiophene rings is 1. The third-order valence-electron chi connectivity index (χ3n) is 4.97. The van der Waals surface area contributed by atoms with E-state index in [-0.39, 0.29) is 23.8 Å². The fraction of sp³-hybridized carbons (Fsp3) is 0.300. The molecule has 0 bridgehead atoms. The molecule has 144 valence electrons. The van der Waals surface area contributed by atoms with E-state index in [1.807, 2.05) is 31.2 Å². The SMILES string of the molecule is CC(c1ccc(-n2cncn2)cc1)N(C)C(=O)c1ccc(NC(=O)C2CC2)s1. The van der Waals surface area contributed by atoms with Crippen molar-refractivity contribution < 1.29 is 9.59 Å². The molecular formula is C20H21N5O2S. The van der Waals surface area contributed by atoms with Gasteiger partial charge in [0.25, 0.3) is 5.91 Å². The molecule has 0 spiro atoms. The Kier molecular flexibility index (Phi) is 4.95. The molecule has 2 amide bonds. The Hall–Kier alpha value is -3.00. The number of rotatable bonds is 6. The Balaban J connectivity index is 1.42. The smallest absolute Gasteiger partial charge is 0.264 e. The number of aromatic nitrogens is 3. The molecule has 1 saturated carbocycles. The predicted octanol–water partition coefficient (Wildman–Crippen LogP) is 3.51. The summed E-state index contributed by atoms with van der Waals surface area (Å²) in [6.45, 7) is 1.99. The minimum absolute atomic E-state index is 0.0510. The van der Waals surface area contributed by atoms with E-state index in [0.29, 0.717) is 4.88 Å². The van der Waals surface area contributed by atoms with Crippen molar-refractivity contribution in [3.8, 4) is 5.69 Å². The van der Waals surface area contributed by atoms with Crippen LogP contribution in [0.4, 0.5) is 5.00 Å². The van der Waals surface area contributed by atoms with Crippen molar-refractivity contribution in [1.82, 2.24) is 19.7 Å². The molecule has 1 atom stereocenters. The van der Waals surface area contributed by atoms with Crippen molar-refractivity contribution in [2.24, 2.45) is 5.92 Å². The van der Waals surface area contributed by atoms with Crippen LogP contribution in [0.5, 0.6) is 0 Å². The van der Waals surface area contributed by atoms with Gasteiger partial charge < -0.3 is 10.2 Å². The van der Waals surface area contributed by atoms with Crippen molar-refractivity contribution in [3.63, 3.8) is 0 Å². The molecule has 0 saturated heterocycles. The summed E-state index contributed by atoms with van der Waals surface area (Å²) in [6.07, 6.45) is 5.05. The van der Waals surface area contributed by atoms with Crippen LogP contribution >= 0.6 is 11.3 Å². The Bertz CT molecular complexity index is 976. The largest absolute Gasteiger partial charge is 0.334 e. The second-order valence-corrected chi connectivity index (χ2v) is 8.03. The topological polar surface area (TPSA) is 80.1 Å². The minimum atomic E-state index is -0.0936. The second-order valence-electron chi connectivity index (χ2n) is 6.95. The van der Waals surface area contributed by atoms with Crippen LogP contribution in [-0.4, -0.2) is 38.5 Å². The summed E-state index contributed by atoms with van der Waals surface area (Å²) in [4.78, 5) is 31.0. The third kappa shape index (κ3) is 3.82. The maximum atomic E-state index is 12.9. The number of nitrogens with one attached hydrogen (secondary N) is 1. The lowest BCUT2D eigenvalue weighted by Crippen LogP contribution is -2.29. The van der Waals surface area contributed by atoms with Crippen LogP contribution in [0.1, 0.15) is 41.0 Å². The van der Waals surface area contributed by atoms with E-state index in [1.54, 1.807) is 35.1 Å². The number of amides is 2. The highest BCUT2D eigenvalue weighted by Crippen LogP contribution is 2.32. The first-order valence-electron chi connectivity index (χ1n) is 9.16. The van der Waals surface area contributed by atoms with Gasteiger partial charge in [-0.1, -0.05) is 12.1 Å². The van der Waals surface area contributed by atoms with Gasteiger partial charge in [0.2, 0.25) is 5.91 Å². The highest BCUT2D eigenvalue weighted by molar-refractivity contribution is 7.18. The molecule has 28 heavy (non-hydrogen) atoms. The fourth-order valence-electron chi connectivity index (χ4n) is 2.91. The normalized spacial score (nSPS) is 14.5. The molecule has 7 nitrogen and oxygen atoms in total. The van der Waals surface area contributed by atoms with Gasteiger partial charge in [0.15, 0.2) is 0 Å². The summed E-state index contributed by atoms with van der Waals surface area (Å²) >= 11 is 1.31.